The summed E-state index contributed by atoms with van der Waals surface area (Å²) in [7, 11) is 1.68. The lowest BCUT2D eigenvalue weighted by molar-refractivity contribution is -0.164. The number of nitrogens with one attached hydrogen (secondary N) is 1. The predicted molar refractivity (Wildman–Crippen MR) is 124 cm³/mol. The van der Waals surface area contributed by atoms with Crippen molar-refractivity contribution in [2.45, 2.75) is 52.7 Å². The summed E-state index contributed by atoms with van der Waals surface area (Å²) in [5.74, 6) is 0.463. The van der Waals surface area contributed by atoms with E-state index in [2.05, 4.69) is 44.1 Å². The normalized spacial score (nSPS) is 20.7. The van der Waals surface area contributed by atoms with Gasteiger partial charge in [0.05, 0.1) is 16.1 Å². The van der Waals surface area contributed by atoms with Crippen molar-refractivity contribution >= 4 is 17.5 Å². The van der Waals surface area contributed by atoms with Gasteiger partial charge in [0.15, 0.2) is 0 Å². The highest BCUT2D eigenvalue weighted by atomic mass is 35.5. The van der Waals surface area contributed by atoms with Crippen LogP contribution in [0.25, 0.3) is 0 Å². The molecule has 2 aromatic rings. The number of aryl methyl sites for hydroxylation is 1. The molecule has 1 aromatic carbocycles. The summed E-state index contributed by atoms with van der Waals surface area (Å²) in [5.41, 5.74) is 1.27. The molecule has 1 N–H and O–H groups in total. The van der Waals surface area contributed by atoms with Gasteiger partial charge >= 0.3 is 0 Å². The zero-order valence-corrected chi connectivity index (χ0v) is 20.0. The first kappa shape index (κ1) is 24.0. The maximum Gasteiger partial charge on any atom is 0.253 e. The molecule has 1 aromatic heterocycles. The Kier molecular flexibility index (Phi) is 7.12. The average Bonchev–Trinajstić information content (AvgIpc) is 2.76. The van der Waals surface area contributed by atoms with Gasteiger partial charge in [0, 0.05) is 48.5 Å². The standard InChI is InChI=1S/C25H30ClN3O3/c1-24(2)22(29-21(30)17-8-10-18(28-15-17)7-6-12-31-5)25(3,4)23(24)32-19-11-9-16(14-27)20(26)13-19/h8-11,13,15,22-23H,6-7,12H2,1-5H3,(H,29,30). The Morgan fingerprint density at radius 2 is 1.94 bits per heavy atom. The van der Waals surface area contributed by atoms with Crippen LogP contribution in [0, 0.1) is 22.2 Å². The first-order valence-corrected chi connectivity index (χ1v) is 11.1. The number of carbonyl (C=O) groups excluding carboxylic acids is 1. The number of hydrogen-bond acceptors (Lipinski definition) is 5. The Morgan fingerprint density at radius 1 is 1.22 bits per heavy atom. The molecule has 0 saturated heterocycles. The van der Waals surface area contributed by atoms with Gasteiger partial charge in [0.2, 0.25) is 0 Å². The third-order valence-corrected chi connectivity index (χ3v) is 6.61. The van der Waals surface area contributed by atoms with E-state index in [0.29, 0.717) is 28.5 Å². The highest BCUT2D eigenvalue weighted by molar-refractivity contribution is 6.31. The number of nitrogens with zero attached hydrogens (tertiary/aromatic N) is 2. The molecule has 32 heavy (non-hydrogen) atoms. The SMILES string of the molecule is COCCCc1ccc(C(=O)NC2C(C)(C)C(Oc3ccc(C#N)c(Cl)c3)C2(C)C)cn1. The van der Waals surface area contributed by atoms with Crippen molar-refractivity contribution < 1.29 is 14.3 Å². The van der Waals surface area contributed by atoms with E-state index < -0.39 is 0 Å². The molecule has 0 atom stereocenters. The lowest BCUT2D eigenvalue weighted by Gasteiger charge is -2.63. The van der Waals surface area contributed by atoms with Crippen molar-refractivity contribution in [2.75, 3.05) is 13.7 Å². The monoisotopic (exact) mass is 455 g/mol. The number of methoxy groups -OCH3 is 1. The maximum absolute atomic E-state index is 12.9. The van der Waals surface area contributed by atoms with Gasteiger partial charge < -0.3 is 14.8 Å². The Bertz CT molecular complexity index is 996. The largest absolute Gasteiger partial charge is 0.489 e. The van der Waals surface area contributed by atoms with Gasteiger partial charge in [-0.1, -0.05) is 39.3 Å². The van der Waals surface area contributed by atoms with E-state index in [0.717, 1.165) is 18.5 Å². The number of halogens is 1. The van der Waals surface area contributed by atoms with Gasteiger partial charge in [-0.3, -0.25) is 9.78 Å². The number of pyridine rings is 1. The summed E-state index contributed by atoms with van der Waals surface area (Å²) in [6.45, 7) is 9.01. The van der Waals surface area contributed by atoms with E-state index in [4.69, 9.17) is 26.3 Å². The van der Waals surface area contributed by atoms with E-state index in [9.17, 15) is 4.79 Å². The van der Waals surface area contributed by atoms with Gasteiger partial charge in [-0.15, -0.1) is 0 Å². The van der Waals surface area contributed by atoms with Crippen LogP contribution < -0.4 is 10.1 Å². The molecular weight excluding hydrogens is 426 g/mol. The van der Waals surface area contributed by atoms with E-state index in [1.165, 1.54) is 0 Å². The number of hydrogen-bond donors (Lipinski definition) is 1. The van der Waals surface area contributed by atoms with Crippen molar-refractivity contribution in [3.05, 3.63) is 58.4 Å². The Balaban J connectivity index is 1.67. The molecule has 1 saturated carbocycles. The summed E-state index contributed by atoms with van der Waals surface area (Å²) in [5, 5.41) is 12.6. The molecule has 1 amide bonds. The number of benzene rings is 1. The number of amides is 1. The van der Waals surface area contributed by atoms with Crippen LogP contribution in [-0.2, 0) is 11.2 Å². The molecule has 3 rings (SSSR count). The van der Waals surface area contributed by atoms with Crippen molar-refractivity contribution in [1.82, 2.24) is 10.3 Å². The van der Waals surface area contributed by atoms with Crippen LogP contribution in [-0.4, -0.2) is 36.8 Å². The smallest absolute Gasteiger partial charge is 0.253 e. The zero-order valence-electron chi connectivity index (χ0n) is 19.2. The molecule has 1 aliphatic rings. The first-order valence-electron chi connectivity index (χ1n) is 10.7. The van der Waals surface area contributed by atoms with Gasteiger partial charge in [0.1, 0.15) is 17.9 Å². The fraction of sp³-hybridized carbons (Fsp3) is 0.480. The molecular formula is C25H30ClN3O3. The summed E-state index contributed by atoms with van der Waals surface area (Å²) < 4.78 is 11.3. The lowest BCUT2D eigenvalue weighted by atomic mass is 9.49. The molecule has 0 radical (unpaired) electrons. The van der Waals surface area contributed by atoms with Crippen molar-refractivity contribution in [1.29, 1.82) is 5.26 Å². The van der Waals surface area contributed by atoms with Gasteiger partial charge in [-0.05, 0) is 37.1 Å². The second kappa shape index (κ2) is 9.48. The fourth-order valence-electron chi connectivity index (χ4n) is 4.91. The number of carbonyl (C=O) groups is 1. The minimum absolute atomic E-state index is 0.0947. The third kappa shape index (κ3) is 4.74. The molecule has 1 aliphatic carbocycles. The quantitative estimate of drug-likeness (QED) is 0.578. The van der Waals surface area contributed by atoms with Gasteiger partial charge in [-0.2, -0.15) is 5.26 Å². The van der Waals surface area contributed by atoms with E-state index in [1.807, 2.05) is 12.1 Å². The fourth-order valence-corrected chi connectivity index (χ4v) is 5.13. The summed E-state index contributed by atoms with van der Waals surface area (Å²) in [6, 6.07) is 10.7. The van der Waals surface area contributed by atoms with Crippen molar-refractivity contribution in [3.8, 4) is 11.8 Å². The molecule has 0 spiro atoms. The Labute approximate surface area is 194 Å². The summed E-state index contributed by atoms with van der Waals surface area (Å²) >= 11 is 6.16. The number of ether oxygens (including phenoxy) is 2. The highest BCUT2D eigenvalue weighted by Gasteiger charge is 2.64. The van der Waals surface area contributed by atoms with E-state index in [-0.39, 0.29) is 28.9 Å². The highest BCUT2D eigenvalue weighted by Crippen LogP contribution is 2.55. The Morgan fingerprint density at radius 3 is 2.50 bits per heavy atom. The summed E-state index contributed by atoms with van der Waals surface area (Å²) in [6.07, 6.45) is 3.19. The number of rotatable bonds is 8. The van der Waals surface area contributed by atoms with E-state index >= 15 is 0 Å². The molecule has 7 heteroatoms. The minimum Gasteiger partial charge on any atom is -0.489 e. The lowest BCUT2D eigenvalue weighted by Crippen LogP contribution is -2.74. The molecule has 1 fully saturated rings. The van der Waals surface area contributed by atoms with Crippen molar-refractivity contribution in [3.63, 3.8) is 0 Å². The second-order valence-corrected chi connectivity index (χ2v) is 9.84. The molecule has 1 heterocycles. The van der Waals surface area contributed by atoms with Crippen LogP contribution in [0.3, 0.4) is 0 Å². The van der Waals surface area contributed by atoms with Crippen LogP contribution >= 0.6 is 11.6 Å². The molecule has 0 aliphatic heterocycles. The molecule has 0 unspecified atom stereocenters. The second-order valence-electron chi connectivity index (χ2n) is 9.44. The van der Waals surface area contributed by atoms with Gasteiger partial charge in [0.25, 0.3) is 5.91 Å². The van der Waals surface area contributed by atoms with Crippen LogP contribution in [0.2, 0.25) is 5.02 Å². The van der Waals surface area contributed by atoms with Crippen LogP contribution in [0.4, 0.5) is 0 Å². The topological polar surface area (TPSA) is 84.2 Å². The average molecular weight is 456 g/mol. The first-order chi connectivity index (χ1) is 15.1. The Hall–Kier alpha value is -2.62. The molecule has 6 nitrogen and oxygen atoms in total. The zero-order chi connectivity index (χ0) is 23.5. The number of nitriles is 1. The molecule has 0 bridgehead atoms. The number of aromatic nitrogens is 1. The van der Waals surface area contributed by atoms with Crippen LogP contribution in [0.5, 0.6) is 5.75 Å². The third-order valence-electron chi connectivity index (χ3n) is 6.30. The summed E-state index contributed by atoms with van der Waals surface area (Å²) in [4.78, 5) is 17.3. The predicted octanol–water partition coefficient (Wildman–Crippen LogP) is 4.80. The van der Waals surface area contributed by atoms with Gasteiger partial charge in [-0.25, -0.2) is 0 Å². The van der Waals surface area contributed by atoms with Crippen LogP contribution in [0.1, 0.15) is 55.7 Å². The van der Waals surface area contributed by atoms with E-state index in [1.54, 1.807) is 31.5 Å². The molecule has 170 valence electrons. The van der Waals surface area contributed by atoms with Crippen LogP contribution in [0.15, 0.2) is 36.5 Å². The maximum atomic E-state index is 12.9. The minimum atomic E-state index is -0.312. The van der Waals surface area contributed by atoms with Crippen molar-refractivity contribution in [2.24, 2.45) is 10.8 Å².